The van der Waals surface area contributed by atoms with Gasteiger partial charge in [-0.1, -0.05) is 58.3 Å². The van der Waals surface area contributed by atoms with Gasteiger partial charge in [0.05, 0.1) is 11.4 Å². The molecule has 0 aliphatic heterocycles. The number of hydrogen-bond acceptors (Lipinski definition) is 8. The lowest BCUT2D eigenvalue weighted by molar-refractivity contribution is -0.141. The van der Waals surface area contributed by atoms with Crippen LogP contribution < -0.4 is 4.90 Å². The van der Waals surface area contributed by atoms with Crippen molar-refractivity contribution in [3.8, 4) is 0 Å². The molecule has 0 amide bonds. The number of aryl methyl sites for hydroxylation is 1. The van der Waals surface area contributed by atoms with Crippen molar-refractivity contribution in [2.24, 2.45) is 10.3 Å². The van der Waals surface area contributed by atoms with Crippen LogP contribution in [0, 0.1) is 6.92 Å². The molecule has 4 aromatic rings. The smallest absolute Gasteiger partial charge is 0.321 e. The lowest BCUT2D eigenvalue weighted by Gasteiger charge is -2.26. The lowest BCUT2D eigenvalue weighted by Crippen LogP contribution is -2.11. The number of oxime groups is 2. The van der Waals surface area contributed by atoms with E-state index in [-0.39, 0.29) is 12.3 Å². The van der Waals surface area contributed by atoms with Gasteiger partial charge in [-0.15, -0.1) is 0 Å². The molecule has 0 fully saturated rings. The van der Waals surface area contributed by atoms with Crippen molar-refractivity contribution in [3.63, 3.8) is 0 Å². The number of anilines is 3. The van der Waals surface area contributed by atoms with E-state index in [2.05, 4.69) is 15.1 Å². The molecule has 0 radical (unpaired) electrons. The monoisotopic (exact) mass is 547 g/mol. The van der Waals surface area contributed by atoms with E-state index in [0.29, 0.717) is 22.6 Å². The van der Waals surface area contributed by atoms with Crippen LogP contribution in [0.2, 0.25) is 0 Å². The second-order valence-corrected chi connectivity index (χ2v) is 9.31. The van der Waals surface area contributed by atoms with Crippen molar-refractivity contribution in [2.45, 2.75) is 27.7 Å². The van der Waals surface area contributed by atoms with Crippen LogP contribution in [-0.2, 0) is 19.3 Å². The molecule has 8 heteroatoms. The van der Waals surface area contributed by atoms with Crippen molar-refractivity contribution < 1.29 is 24.1 Å². The van der Waals surface area contributed by atoms with Crippen molar-refractivity contribution in [1.82, 2.24) is 0 Å². The topological polar surface area (TPSA) is 97.6 Å². The summed E-state index contributed by atoms with van der Waals surface area (Å²) in [5, 5.41) is 7.64. The summed E-state index contributed by atoms with van der Waals surface area (Å²) in [4.78, 5) is 46.1. The van der Waals surface area contributed by atoms with Gasteiger partial charge < -0.3 is 14.6 Å². The van der Waals surface area contributed by atoms with Crippen LogP contribution in [0.15, 0.2) is 107 Å². The molecular formula is C33H29N3O5. The second-order valence-electron chi connectivity index (χ2n) is 9.31. The summed E-state index contributed by atoms with van der Waals surface area (Å²) in [6, 6.07) is 30.3. The number of rotatable bonds is 10. The third kappa shape index (κ3) is 7.19. The number of hydrogen-bond donors (Lipinski definition) is 0. The van der Waals surface area contributed by atoms with Crippen molar-refractivity contribution in [1.29, 1.82) is 0 Å². The zero-order valence-electron chi connectivity index (χ0n) is 23.2. The first-order valence-electron chi connectivity index (χ1n) is 12.9. The van der Waals surface area contributed by atoms with Gasteiger partial charge in [-0.3, -0.25) is 9.59 Å². The van der Waals surface area contributed by atoms with Crippen molar-refractivity contribution in [2.75, 3.05) is 4.90 Å². The van der Waals surface area contributed by atoms with E-state index in [1.54, 1.807) is 13.8 Å². The number of carbonyl (C=O) groups is 3. The summed E-state index contributed by atoms with van der Waals surface area (Å²) in [6.45, 7) is 7.04. The zero-order chi connectivity index (χ0) is 29.4. The van der Waals surface area contributed by atoms with Gasteiger partial charge in [0.15, 0.2) is 5.78 Å². The molecule has 0 aliphatic rings. The van der Waals surface area contributed by atoms with Gasteiger partial charge in [0.1, 0.15) is 0 Å². The summed E-state index contributed by atoms with van der Waals surface area (Å²) in [5.41, 5.74) is 7.51. The van der Waals surface area contributed by atoms with Crippen LogP contribution in [0.25, 0.3) is 0 Å². The molecule has 0 saturated heterocycles. The Morgan fingerprint density at radius 3 is 1.61 bits per heavy atom. The highest BCUT2D eigenvalue weighted by molar-refractivity contribution is 6.09. The van der Waals surface area contributed by atoms with Crippen LogP contribution in [0.1, 0.15) is 53.4 Å². The van der Waals surface area contributed by atoms with Crippen molar-refractivity contribution in [3.05, 3.63) is 125 Å². The first kappa shape index (κ1) is 28.6. The van der Waals surface area contributed by atoms with Crippen molar-refractivity contribution >= 4 is 46.7 Å². The van der Waals surface area contributed by atoms with Crippen LogP contribution >= 0.6 is 0 Å². The predicted octanol–water partition coefficient (Wildman–Crippen LogP) is 6.88. The van der Waals surface area contributed by atoms with Crippen LogP contribution in [0.5, 0.6) is 0 Å². The number of carbonyl (C=O) groups excluding carboxylic acids is 3. The van der Waals surface area contributed by atoms with Crippen LogP contribution in [0.4, 0.5) is 17.1 Å². The standard InChI is InChI=1S/C33H29N3O5/c1-22-6-5-7-29(20-22)33(39)28-12-18-32(19-13-28)36(30-14-8-26(9-15-30)23(2)34-40-21-37)31-16-10-27(11-17-31)24(3)35-41-25(4)38/h5-21H,1-4H3/b34-23+,35-24+. The molecule has 0 saturated carbocycles. The lowest BCUT2D eigenvalue weighted by atomic mass is 10.0. The minimum Gasteiger partial charge on any atom is -0.321 e. The highest BCUT2D eigenvalue weighted by Gasteiger charge is 2.15. The largest absolute Gasteiger partial charge is 0.331 e. The molecule has 41 heavy (non-hydrogen) atoms. The molecule has 0 bridgehead atoms. The average Bonchev–Trinajstić information content (AvgIpc) is 2.99. The molecule has 0 spiro atoms. The van der Waals surface area contributed by atoms with E-state index >= 15 is 0 Å². The summed E-state index contributed by atoms with van der Waals surface area (Å²) in [6.07, 6.45) is 0. The Bertz CT molecular complexity index is 1610. The SMILES string of the molecule is CC(=O)O/N=C(\C)c1ccc(N(c2ccc(C(=O)c3cccc(C)c3)cc2)c2ccc(/C(C)=N/OC=O)cc2)cc1. The van der Waals surface area contributed by atoms with Gasteiger partial charge in [-0.2, -0.15) is 0 Å². The number of ketones is 1. The molecule has 0 unspecified atom stereocenters. The Morgan fingerprint density at radius 1 is 0.659 bits per heavy atom. The van der Waals surface area contributed by atoms with Gasteiger partial charge in [0.25, 0.3) is 0 Å². The van der Waals surface area contributed by atoms with E-state index in [0.717, 1.165) is 33.8 Å². The maximum atomic E-state index is 13.1. The van der Waals surface area contributed by atoms with E-state index in [1.807, 2.05) is 109 Å². The third-order valence-corrected chi connectivity index (χ3v) is 6.30. The fourth-order valence-corrected chi connectivity index (χ4v) is 4.20. The van der Waals surface area contributed by atoms with Gasteiger partial charge in [0.2, 0.25) is 0 Å². The quantitative estimate of drug-likeness (QED) is 0.0706. The van der Waals surface area contributed by atoms with Gasteiger partial charge in [0, 0.05) is 35.1 Å². The molecule has 8 nitrogen and oxygen atoms in total. The minimum atomic E-state index is -0.488. The Labute approximate surface area is 238 Å². The maximum absolute atomic E-state index is 13.1. The summed E-state index contributed by atoms with van der Waals surface area (Å²) in [7, 11) is 0. The van der Waals surface area contributed by atoms with E-state index in [9.17, 15) is 14.4 Å². The summed E-state index contributed by atoms with van der Waals surface area (Å²) in [5.74, 6) is -0.534. The van der Waals surface area contributed by atoms with E-state index in [4.69, 9.17) is 4.84 Å². The average molecular weight is 548 g/mol. The van der Waals surface area contributed by atoms with Gasteiger partial charge >= 0.3 is 12.4 Å². The number of benzene rings is 4. The minimum absolute atomic E-state index is 0.0460. The molecule has 0 N–H and O–H groups in total. The molecule has 0 aromatic heterocycles. The van der Waals surface area contributed by atoms with Gasteiger partial charge in [-0.25, -0.2) is 4.79 Å². The second kappa shape index (κ2) is 13.1. The maximum Gasteiger partial charge on any atom is 0.331 e. The molecule has 4 aromatic carbocycles. The van der Waals surface area contributed by atoms with Gasteiger partial charge in [-0.05, 0) is 86.5 Å². The Morgan fingerprint density at radius 2 is 1.15 bits per heavy atom. The Kier molecular flexibility index (Phi) is 9.16. The molecular weight excluding hydrogens is 518 g/mol. The normalized spacial score (nSPS) is 11.5. The molecule has 206 valence electrons. The Balaban J connectivity index is 1.70. The molecule has 0 heterocycles. The number of nitrogens with zero attached hydrogens (tertiary/aromatic N) is 3. The van der Waals surface area contributed by atoms with Crippen LogP contribution in [-0.4, -0.2) is 29.6 Å². The molecule has 0 aliphatic carbocycles. The molecule has 0 atom stereocenters. The fraction of sp³-hybridized carbons (Fsp3) is 0.121. The highest BCUT2D eigenvalue weighted by Crippen LogP contribution is 2.35. The predicted molar refractivity (Wildman–Crippen MR) is 159 cm³/mol. The Hall–Kier alpha value is -5.37. The third-order valence-electron chi connectivity index (χ3n) is 6.30. The highest BCUT2D eigenvalue weighted by atomic mass is 16.7. The van der Waals surface area contributed by atoms with Crippen LogP contribution in [0.3, 0.4) is 0 Å². The zero-order valence-corrected chi connectivity index (χ0v) is 23.2. The fourth-order valence-electron chi connectivity index (χ4n) is 4.20. The summed E-state index contributed by atoms with van der Waals surface area (Å²) >= 11 is 0. The van der Waals surface area contributed by atoms with E-state index < -0.39 is 5.97 Å². The first-order valence-corrected chi connectivity index (χ1v) is 12.9. The van der Waals surface area contributed by atoms with E-state index in [1.165, 1.54) is 6.92 Å². The summed E-state index contributed by atoms with van der Waals surface area (Å²) < 4.78 is 0. The molecule has 4 rings (SSSR count). The first-order chi connectivity index (χ1) is 19.8.